The highest BCUT2D eigenvalue weighted by Crippen LogP contribution is 2.23. The molecule has 0 aliphatic carbocycles. The number of hydrogen-bond donors (Lipinski definition) is 2. The molecule has 0 saturated carbocycles. The van der Waals surface area contributed by atoms with E-state index in [1.807, 2.05) is 36.5 Å². The smallest absolute Gasteiger partial charge is 0.244 e. The van der Waals surface area contributed by atoms with E-state index in [9.17, 15) is 13.2 Å². The number of para-hydroxylation sites is 2. The number of anilines is 1. The maximum Gasteiger partial charge on any atom is 0.244 e. The summed E-state index contributed by atoms with van der Waals surface area (Å²) in [6.45, 7) is 1.79. The van der Waals surface area contributed by atoms with Crippen molar-refractivity contribution >= 4 is 27.7 Å². The van der Waals surface area contributed by atoms with Crippen molar-refractivity contribution in [3.8, 4) is 5.69 Å². The molecule has 3 rings (SSSR count). The zero-order chi connectivity index (χ0) is 20.9. The molecule has 150 valence electrons. The van der Waals surface area contributed by atoms with Gasteiger partial charge in [0.1, 0.15) is 0 Å². The number of amides is 1. The topological polar surface area (TPSA) is 93.1 Å². The molecular formula is C21H22N4O3S. The number of benzene rings is 2. The third-order valence-corrected chi connectivity index (χ3v) is 4.72. The van der Waals surface area contributed by atoms with Gasteiger partial charge >= 0.3 is 0 Å². The number of carbonyl (C=O) groups is 1. The van der Waals surface area contributed by atoms with Crippen LogP contribution in [0.25, 0.3) is 11.8 Å². The summed E-state index contributed by atoms with van der Waals surface area (Å²) in [6, 6.07) is 16.2. The molecule has 1 amide bonds. The number of rotatable bonds is 7. The molecule has 1 heterocycles. The van der Waals surface area contributed by atoms with Gasteiger partial charge in [0, 0.05) is 17.8 Å². The number of nitrogens with zero attached hydrogens (tertiary/aromatic N) is 2. The molecule has 1 unspecified atom stereocenters. The molecule has 0 radical (unpaired) electrons. The number of aromatic nitrogens is 2. The van der Waals surface area contributed by atoms with Gasteiger partial charge in [0.25, 0.3) is 0 Å². The van der Waals surface area contributed by atoms with Crippen molar-refractivity contribution in [3.05, 3.63) is 84.2 Å². The van der Waals surface area contributed by atoms with Crippen LogP contribution in [0.15, 0.2) is 73.1 Å². The van der Waals surface area contributed by atoms with Gasteiger partial charge < -0.3 is 5.32 Å². The average Bonchev–Trinajstić information content (AvgIpc) is 3.15. The van der Waals surface area contributed by atoms with E-state index in [2.05, 4.69) is 15.1 Å². The Kier molecular flexibility index (Phi) is 6.13. The van der Waals surface area contributed by atoms with E-state index in [4.69, 9.17) is 0 Å². The fourth-order valence-electron chi connectivity index (χ4n) is 2.82. The molecule has 1 atom stereocenters. The molecule has 8 heteroatoms. The van der Waals surface area contributed by atoms with Gasteiger partial charge in [0.2, 0.25) is 15.9 Å². The molecule has 0 aliphatic heterocycles. The van der Waals surface area contributed by atoms with Crippen LogP contribution in [0.1, 0.15) is 24.1 Å². The summed E-state index contributed by atoms with van der Waals surface area (Å²) in [5, 5.41) is 7.13. The zero-order valence-electron chi connectivity index (χ0n) is 16.1. The van der Waals surface area contributed by atoms with E-state index < -0.39 is 10.0 Å². The van der Waals surface area contributed by atoms with Crippen molar-refractivity contribution in [3.63, 3.8) is 0 Å². The SMILES string of the molecule is CC(NC(=O)/C=C/c1cnn(-c2ccccc2)c1)c1ccccc1NS(C)(=O)=O. The van der Waals surface area contributed by atoms with Crippen LogP contribution >= 0.6 is 0 Å². The first kappa shape index (κ1) is 20.3. The van der Waals surface area contributed by atoms with Crippen molar-refractivity contribution in [2.75, 3.05) is 11.0 Å². The van der Waals surface area contributed by atoms with Gasteiger partial charge in [0.05, 0.1) is 29.9 Å². The fourth-order valence-corrected chi connectivity index (χ4v) is 3.41. The second-order valence-corrected chi connectivity index (χ2v) is 8.33. The lowest BCUT2D eigenvalue weighted by molar-refractivity contribution is -0.117. The molecule has 0 bridgehead atoms. The molecule has 2 aromatic carbocycles. The second kappa shape index (κ2) is 8.74. The van der Waals surface area contributed by atoms with Crippen LogP contribution < -0.4 is 10.0 Å². The van der Waals surface area contributed by atoms with E-state index in [0.29, 0.717) is 11.3 Å². The van der Waals surface area contributed by atoms with Gasteiger partial charge in [-0.25, -0.2) is 13.1 Å². The van der Waals surface area contributed by atoms with Crippen LogP contribution in [0.3, 0.4) is 0 Å². The first-order valence-corrected chi connectivity index (χ1v) is 10.9. The van der Waals surface area contributed by atoms with Crippen LogP contribution in [0, 0.1) is 0 Å². The van der Waals surface area contributed by atoms with E-state index in [1.165, 1.54) is 6.08 Å². The number of carbonyl (C=O) groups excluding carboxylic acids is 1. The lowest BCUT2D eigenvalue weighted by Crippen LogP contribution is -2.25. The van der Waals surface area contributed by atoms with E-state index >= 15 is 0 Å². The summed E-state index contributed by atoms with van der Waals surface area (Å²) in [5.74, 6) is -0.292. The first-order chi connectivity index (χ1) is 13.8. The fraction of sp³-hybridized carbons (Fsp3) is 0.143. The maximum absolute atomic E-state index is 12.3. The Morgan fingerprint density at radius 3 is 2.52 bits per heavy atom. The van der Waals surface area contributed by atoms with E-state index in [1.54, 1.807) is 48.1 Å². The summed E-state index contributed by atoms with van der Waals surface area (Å²) >= 11 is 0. The van der Waals surface area contributed by atoms with Crippen LogP contribution in [-0.4, -0.2) is 30.4 Å². The van der Waals surface area contributed by atoms with Gasteiger partial charge in [-0.2, -0.15) is 5.10 Å². The molecule has 29 heavy (non-hydrogen) atoms. The predicted molar refractivity (Wildman–Crippen MR) is 114 cm³/mol. The Morgan fingerprint density at radius 1 is 1.10 bits per heavy atom. The molecule has 3 aromatic rings. The second-order valence-electron chi connectivity index (χ2n) is 6.58. The molecular weight excluding hydrogens is 388 g/mol. The molecule has 0 spiro atoms. The number of hydrogen-bond acceptors (Lipinski definition) is 4. The third kappa shape index (κ3) is 5.79. The Morgan fingerprint density at radius 2 is 1.79 bits per heavy atom. The monoisotopic (exact) mass is 410 g/mol. The van der Waals surface area contributed by atoms with Gasteiger partial charge in [-0.3, -0.25) is 9.52 Å². The van der Waals surface area contributed by atoms with E-state index in [0.717, 1.165) is 17.5 Å². The minimum atomic E-state index is -3.41. The van der Waals surface area contributed by atoms with E-state index in [-0.39, 0.29) is 11.9 Å². The lowest BCUT2D eigenvalue weighted by Gasteiger charge is -2.17. The van der Waals surface area contributed by atoms with Crippen LogP contribution in [-0.2, 0) is 14.8 Å². The third-order valence-electron chi connectivity index (χ3n) is 4.13. The maximum atomic E-state index is 12.3. The summed E-state index contributed by atoms with van der Waals surface area (Å²) < 4.78 is 27.3. The zero-order valence-corrected chi connectivity index (χ0v) is 16.9. The largest absolute Gasteiger partial charge is 0.346 e. The highest BCUT2D eigenvalue weighted by atomic mass is 32.2. The number of nitrogens with one attached hydrogen (secondary N) is 2. The lowest BCUT2D eigenvalue weighted by atomic mass is 10.1. The summed E-state index contributed by atoms with van der Waals surface area (Å²) in [5.41, 5.74) is 2.84. The van der Waals surface area contributed by atoms with Crippen LogP contribution in [0.4, 0.5) is 5.69 Å². The minimum absolute atomic E-state index is 0.292. The Hall–Kier alpha value is -3.39. The van der Waals surface area contributed by atoms with Gasteiger partial charge in [-0.05, 0) is 36.8 Å². The van der Waals surface area contributed by atoms with Gasteiger partial charge in [-0.15, -0.1) is 0 Å². The molecule has 0 aliphatic rings. The minimum Gasteiger partial charge on any atom is -0.346 e. The first-order valence-electron chi connectivity index (χ1n) is 8.97. The molecule has 0 fully saturated rings. The Labute approximate surface area is 170 Å². The van der Waals surface area contributed by atoms with Crippen molar-refractivity contribution < 1.29 is 13.2 Å². The highest BCUT2D eigenvalue weighted by Gasteiger charge is 2.14. The normalized spacial score (nSPS) is 12.6. The number of sulfonamides is 1. The highest BCUT2D eigenvalue weighted by molar-refractivity contribution is 7.92. The van der Waals surface area contributed by atoms with Crippen molar-refractivity contribution in [1.82, 2.24) is 15.1 Å². The Bertz CT molecular complexity index is 1120. The van der Waals surface area contributed by atoms with Crippen LogP contribution in [0.5, 0.6) is 0 Å². The van der Waals surface area contributed by atoms with Crippen LogP contribution in [0.2, 0.25) is 0 Å². The summed E-state index contributed by atoms with van der Waals surface area (Å²) in [4.78, 5) is 12.3. The summed E-state index contributed by atoms with van der Waals surface area (Å²) in [7, 11) is -3.41. The molecule has 1 aromatic heterocycles. The Balaban J connectivity index is 1.66. The average molecular weight is 410 g/mol. The van der Waals surface area contributed by atoms with Crippen molar-refractivity contribution in [2.24, 2.45) is 0 Å². The van der Waals surface area contributed by atoms with Crippen molar-refractivity contribution in [2.45, 2.75) is 13.0 Å². The van der Waals surface area contributed by atoms with Crippen molar-refractivity contribution in [1.29, 1.82) is 0 Å². The van der Waals surface area contributed by atoms with Gasteiger partial charge in [-0.1, -0.05) is 36.4 Å². The summed E-state index contributed by atoms with van der Waals surface area (Å²) in [6.07, 6.45) is 7.69. The predicted octanol–water partition coefficient (Wildman–Crippen LogP) is 3.13. The quantitative estimate of drug-likeness (QED) is 0.585. The standard InChI is InChI=1S/C21H22N4O3S/c1-16(19-10-6-7-11-20(19)24-29(2,27)28)23-21(26)13-12-17-14-22-25(15-17)18-8-4-3-5-9-18/h3-16,24H,1-2H3,(H,23,26)/b13-12+. The molecule has 0 saturated heterocycles. The molecule has 2 N–H and O–H groups in total. The molecule has 7 nitrogen and oxygen atoms in total. The van der Waals surface area contributed by atoms with Gasteiger partial charge in [0.15, 0.2) is 0 Å².